The number of aliphatic hydroxyl groups is 1. The summed E-state index contributed by atoms with van der Waals surface area (Å²) in [7, 11) is 1.94. The molecule has 1 fully saturated rings. The third-order valence-corrected chi connectivity index (χ3v) is 8.96. The normalized spacial score (nSPS) is 16.6. The largest absolute Gasteiger partial charge is 0.378 e. The second-order valence-corrected chi connectivity index (χ2v) is 11.8. The molecular weight excluding hydrogens is 550 g/mol. The van der Waals surface area contributed by atoms with Gasteiger partial charge in [-0.25, -0.2) is 4.98 Å². The number of carbonyl (C=O) groups excluding carboxylic acids is 1. The van der Waals surface area contributed by atoms with Crippen LogP contribution in [0.25, 0.3) is 22.0 Å². The second kappa shape index (κ2) is 10.2. The lowest BCUT2D eigenvalue weighted by Crippen LogP contribution is -2.36. The van der Waals surface area contributed by atoms with Gasteiger partial charge in [0, 0.05) is 24.0 Å². The number of halogens is 1. The Morgan fingerprint density at radius 2 is 1.90 bits per heavy atom. The molecule has 0 radical (unpaired) electrons. The summed E-state index contributed by atoms with van der Waals surface area (Å²) in [4.78, 5) is 36.4. The van der Waals surface area contributed by atoms with Crippen LogP contribution in [0, 0.1) is 0 Å². The molecule has 2 aromatic heterocycles. The molecule has 9 heteroatoms. The zero-order chi connectivity index (χ0) is 29.0. The van der Waals surface area contributed by atoms with Crippen molar-refractivity contribution in [1.82, 2.24) is 24.6 Å². The zero-order valence-corrected chi connectivity index (χ0v) is 23.9. The van der Waals surface area contributed by atoms with Crippen molar-refractivity contribution in [2.45, 2.75) is 43.7 Å². The quantitative estimate of drug-likeness (QED) is 0.303. The van der Waals surface area contributed by atoms with E-state index in [0.717, 1.165) is 46.1 Å². The highest BCUT2D eigenvalue weighted by Gasteiger charge is 2.49. The molecule has 7 rings (SSSR count). The number of H-pyrrole nitrogens is 1. The Morgan fingerprint density at radius 1 is 1.10 bits per heavy atom. The standard InChI is InChI=1S/C33H30ClN5O3/c1-38-28-12-4-10-24(25(28)18-35-38)20-6-2-8-22(16-20)33(13-14-33)32-36-27-11-5-15-39(19-26(27)30(41)37-32)31(42)29(40)21-7-3-9-23(34)17-21/h2-4,6-10,12,16-18,29,40H,5,11,13-15,19H2,1H3,(H,36,37,41)/t29-/m1/s1. The van der Waals surface area contributed by atoms with Crippen LogP contribution >= 0.6 is 11.6 Å². The number of aliphatic hydroxyl groups excluding tert-OH is 1. The van der Waals surface area contributed by atoms with Gasteiger partial charge < -0.3 is 15.0 Å². The SMILES string of the molecule is Cn1ncc2c(-c3cccc(C4(c5nc6c(c(=O)[nH]5)CN(C(=O)[C@H](O)c5cccc(Cl)c5)CCC6)CC4)c3)cccc21. The Labute approximate surface area is 247 Å². The summed E-state index contributed by atoms with van der Waals surface area (Å²) in [6.07, 6.45) is 3.57. The number of aromatic nitrogens is 4. The van der Waals surface area contributed by atoms with Gasteiger partial charge in [0.2, 0.25) is 0 Å². The van der Waals surface area contributed by atoms with Crippen LogP contribution in [-0.4, -0.2) is 42.2 Å². The first-order chi connectivity index (χ1) is 20.3. The predicted octanol–water partition coefficient (Wildman–Crippen LogP) is 5.07. The van der Waals surface area contributed by atoms with Gasteiger partial charge in [-0.1, -0.05) is 60.1 Å². The van der Waals surface area contributed by atoms with Crippen molar-refractivity contribution in [3.63, 3.8) is 0 Å². The molecule has 1 aliphatic carbocycles. The van der Waals surface area contributed by atoms with E-state index in [4.69, 9.17) is 16.6 Å². The molecule has 8 nitrogen and oxygen atoms in total. The Balaban J connectivity index is 1.19. The number of fused-ring (bicyclic) bond motifs is 2. The minimum absolute atomic E-state index is 0.103. The summed E-state index contributed by atoms with van der Waals surface area (Å²) >= 11 is 6.06. The lowest BCUT2D eigenvalue weighted by atomic mass is 9.91. The first kappa shape index (κ1) is 26.6. The summed E-state index contributed by atoms with van der Waals surface area (Å²) in [5, 5.41) is 16.7. The first-order valence-electron chi connectivity index (χ1n) is 14.2. The van der Waals surface area contributed by atoms with Crippen LogP contribution in [-0.2, 0) is 30.2 Å². The third kappa shape index (κ3) is 4.51. The number of rotatable bonds is 5. The second-order valence-electron chi connectivity index (χ2n) is 11.3. The number of aryl methyl sites for hydroxylation is 2. The fourth-order valence-electron chi connectivity index (χ4n) is 6.23. The van der Waals surface area contributed by atoms with E-state index < -0.39 is 12.0 Å². The Morgan fingerprint density at radius 3 is 2.71 bits per heavy atom. The van der Waals surface area contributed by atoms with Gasteiger partial charge in [-0.3, -0.25) is 14.3 Å². The zero-order valence-electron chi connectivity index (χ0n) is 23.2. The van der Waals surface area contributed by atoms with Gasteiger partial charge in [0.25, 0.3) is 11.5 Å². The van der Waals surface area contributed by atoms with Crippen molar-refractivity contribution in [2.75, 3.05) is 6.54 Å². The molecule has 0 bridgehead atoms. The number of hydrogen-bond acceptors (Lipinski definition) is 5. The molecule has 3 aromatic carbocycles. The molecule has 0 saturated heterocycles. The number of nitrogens with one attached hydrogen (secondary N) is 1. The summed E-state index contributed by atoms with van der Waals surface area (Å²) in [6, 6.07) is 21.4. The number of hydrogen-bond donors (Lipinski definition) is 2. The van der Waals surface area contributed by atoms with Gasteiger partial charge >= 0.3 is 0 Å². The van der Waals surface area contributed by atoms with Crippen molar-refractivity contribution in [3.05, 3.63) is 117 Å². The predicted molar refractivity (Wildman–Crippen MR) is 161 cm³/mol. The van der Waals surface area contributed by atoms with Crippen molar-refractivity contribution in [3.8, 4) is 11.1 Å². The van der Waals surface area contributed by atoms with Crippen LogP contribution in [0.4, 0.5) is 0 Å². The maximum absolute atomic E-state index is 13.5. The van der Waals surface area contributed by atoms with E-state index in [1.54, 1.807) is 29.2 Å². The average molecular weight is 580 g/mol. The summed E-state index contributed by atoms with van der Waals surface area (Å²) in [6.45, 7) is 0.528. The van der Waals surface area contributed by atoms with E-state index in [-0.39, 0.29) is 17.5 Å². The highest BCUT2D eigenvalue weighted by Crippen LogP contribution is 2.52. The lowest BCUT2D eigenvalue weighted by Gasteiger charge is -2.24. The maximum atomic E-state index is 13.5. The van der Waals surface area contributed by atoms with Crippen LogP contribution in [0.5, 0.6) is 0 Å². The number of aromatic amines is 1. The first-order valence-corrected chi connectivity index (χ1v) is 14.6. The monoisotopic (exact) mass is 579 g/mol. The number of nitrogens with zero attached hydrogens (tertiary/aromatic N) is 4. The van der Waals surface area contributed by atoms with Gasteiger partial charge in [0.1, 0.15) is 5.82 Å². The van der Waals surface area contributed by atoms with Gasteiger partial charge in [-0.2, -0.15) is 5.10 Å². The summed E-state index contributed by atoms with van der Waals surface area (Å²) < 4.78 is 1.88. The molecule has 42 heavy (non-hydrogen) atoms. The van der Waals surface area contributed by atoms with E-state index in [0.29, 0.717) is 41.4 Å². The minimum Gasteiger partial charge on any atom is -0.378 e. The van der Waals surface area contributed by atoms with E-state index in [1.807, 2.05) is 24.0 Å². The smallest absolute Gasteiger partial charge is 0.256 e. The van der Waals surface area contributed by atoms with E-state index in [2.05, 4.69) is 46.5 Å². The fourth-order valence-corrected chi connectivity index (χ4v) is 6.43. The lowest BCUT2D eigenvalue weighted by molar-refractivity contribution is -0.141. The van der Waals surface area contributed by atoms with Crippen LogP contribution < -0.4 is 5.56 Å². The summed E-state index contributed by atoms with van der Waals surface area (Å²) in [5.41, 5.74) is 5.47. The average Bonchev–Trinajstić information content (AvgIpc) is 3.77. The Hall–Kier alpha value is -4.27. The molecule has 5 aromatic rings. The minimum atomic E-state index is -1.35. The summed E-state index contributed by atoms with van der Waals surface area (Å²) in [5.74, 6) is 0.231. The van der Waals surface area contributed by atoms with Crippen molar-refractivity contribution in [2.24, 2.45) is 7.05 Å². The van der Waals surface area contributed by atoms with Gasteiger partial charge in [-0.15, -0.1) is 0 Å². The molecule has 0 unspecified atom stereocenters. The van der Waals surface area contributed by atoms with Crippen molar-refractivity contribution < 1.29 is 9.90 Å². The van der Waals surface area contributed by atoms with Gasteiger partial charge in [0.15, 0.2) is 6.10 Å². The van der Waals surface area contributed by atoms with E-state index in [1.165, 1.54) is 0 Å². The fraction of sp³-hybridized carbons (Fsp3) is 0.273. The van der Waals surface area contributed by atoms with Crippen molar-refractivity contribution in [1.29, 1.82) is 0 Å². The molecule has 1 atom stereocenters. The molecule has 1 saturated carbocycles. The molecule has 212 valence electrons. The Kier molecular flexibility index (Phi) is 6.48. The maximum Gasteiger partial charge on any atom is 0.256 e. The van der Waals surface area contributed by atoms with E-state index in [9.17, 15) is 14.7 Å². The highest BCUT2D eigenvalue weighted by atomic mass is 35.5. The van der Waals surface area contributed by atoms with Gasteiger partial charge in [-0.05, 0) is 66.1 Å². The number of amides is 1. The van der Waals surface area contributed by atoms with Crippen LogP contribution in [0.15, 0.2) is 77.7 Å². The van der Waals surface area contributed by atoms with Crippen LogP contribution in [0.2, 0.25) is 5.02 Å². The molecule has 0 spiro atoms. The molecule has 1 amide bonds. The topological polar surface area (TPSA) is 104 Å². The molecular formula is C33H30ClN5O3. The molecule has 3 heterocycles. The Bertz CT molecular complexity index is 1910. The molecule has 2 N–H and O–H groups in total. The highest BCUT2D eigenvalue weighted by molar-refractivity contribution is 6.30. The van der Waals surface area contributed by atoms with Gasteiger partial charge in [0.05, 0.1) is 34.9 Å². The van der Waals surface area contributed by atoms with Crippen LogP contribution in [0.1, 0.15) is 53.6 Å². The van der Waals surface area contributed by atoms with Crippen LogP contribution in [0.3, 0.4) is 0 Å². The number of carbonyl (C=O) groups is 1. The van der Waals surface area contributed by atoms with E-state index >= 15 is 0 Å². The third-order valence-electron chi connectivity index (χ3n) is 8.72. The molecule has 1 aliphatic heterocycles. The van der Waals surface area contributed by atoms with Crippen molar-refractivity contribution >= 4 is 28.4 Å². The number of benzene rings is 3. The molecule has 2 aliphatic rings.